The zero-order valence-electron chi connectivity index (χ0n) is 17.2. The lowest BCUT2D eigenvalue weighted by Crippen LogP contribution is -2.32. The van der Waals surface area contributed by atoms with Gasteiger partial charge in [-0.15, -0.1) is 0 Å². The van der Waals surface area contributed by atoms with E-state index >= 15 is 0 Å². The van der Waals surface area contributed by atoms with Gasteiger partial charge in [-0.1, -0.05) is 0 Å². The normalized spacial score (nSPS) is 12.4. The summed E-state index contributed by atoms with van der Waals surface area (Å²) < 4.78 is 1.86. The first-order valence-corrected chi connectivity index (χ1v) is 9.87. The lowest BCUT2D eigenvalue weighted by atomic mass is 10.1. The maximum absolute atomic E-state index is 13.3. The van der Waals surface area contributed by atoms with Crippen LogP contribution in [-0.2, 0) is 11.3 Å². The number of rotatable bonds is 5. The number of carboxylic acids is 1. The number of aryl methyl sites for hydroxylation is 1. The van der Waals surface area contributed by atoms with Crippen molar-refractivity contribution in [1.82, 2.24) is 14.5 Å². The Balaban J connectivity index is 1.68. The molecular formula is C23H19N5O4. The predicted octanol–water partition coefficient (Wildman–Crippen LogP) is 2.74. The summed E-state index contributed by atoms with van der Waals surface area (Å²) in [4.78, 5) is 42.8. The fraction of sp³-hybridized carbons (Fsp3) is 0.174. The fourth-order valence-corrected chi connectivity index (χ4v) is 3.63. The fourth-order valence-electron chi connectivity index (χ4n) is 3.63. The van der Waals surface area contributed by atoms with Gasteiger partial charge in [-0.2, -0.15) is 5.26 Å². The van der Waals surface area contributed by atoms with Gasteiger partial charge in [0.25, 0.3) is 11.8 Å². The van der Waals surface area contributed by atoms with Gasteiger partial charge in [0, 0.05) is 29.7 Å². The van der Waals surface area contributed by atoms with E-state index in [0.29, 0.717) is 33.9 Å². The number of carbonyl (C=O) groups excluding carboxylic acids is 2. The van der Waals surface area contributed by atoms with Crippen LogP contribution in [0.4, 0.5) is 5.69 Å². The highest BCUT2D eigenvalue weighted by Gasteiger charge is 2.28. The van der Waals surface area contributed by atoms with Crippen LogP contribution in [-0.4, -0.2) is 43.9 Å². The third kappa shape index (κ3) is 3.94. The summed E-state index contributed by atoms with van der Waals surface area (Å²) in [5.74, 6) is -1.07. The summed E-state index contributed by atoms with van der Waals surface area (Å²) in [6.45, 7) is 2.10. The van der Waals surface area contributed by atoms with Gasteiger partial charge in [-0.25, -0.2) is 4.98 Å². The van der Waals surface area contributed by atoms with Crippen molar-refractivity contribution in [3.8, 4) is 11.8 Å². The summed E-state index contributed by atoms with van der Waals surface area (Å²) in [6, 6.07) is 13.2. The average molecular weight is 429 g/mol. The van der Waals surface area contributed by atoms with E-state index in [-0.39, 0.29) is 31.3 Å². The lowest BCUT2D eigenvalue weighted by molar-refractivity contribution is -0.137. The van der Waals surface area contributed by atoms with Crippen LogP contribution in [0.3, 0.4) is 0 Å². The van der Waals surface area contributed by atoms with Gasteiger partial charge in [0.2, 0.25) is 0 Å². The topological polar surface area (TPSA) is 128 Å². The van der Waals surface area contributed by atoms with E-state index < -0.39 is 5.97 Å². The van der Waals surface area contributed by atoms with Crippen LogP contribution in [0, 0.1) is 18.3 Å². The Morgan fingerprint density at radius 2 is 1.97 bits per heavy atom. The largest absolute Gasteiger partial charge is 0.481 e. The number of amides is 2. The molecule has 9 heteroatoms. The third-order valence-corrected chi connectivity index (χ3v) is 5.23. The molecular weight excluding hydrogens is 410 g/mol. The quantitative estimate of drug-likeness (QED) is 0.642. The maximum atomic E-state index is 13.3. The van der Waals surface area contributed by atoms with Crippen molar-refractivity contribution in [2.45, 2.75) is 19.9 Å². The molecule has 1 aliphatic rings. The van der Waals surface area contributed by atoms with E-state index in [1.165, 1.54) is 4.90 Å². The highest BCUT2D eigenvalue weighted by Crippen LogP contribution is 2.28. The van der Waals surface area contributed by atoms with Gasteiger partial charge in [0.05, 0.1) is 35.8 Å². The number of hydrogen-bond donors (Lipinski definition) is 2. The Bertz CT molecular complexity index is 1270. The van der Waals surface area contributed by atoms with Crippen molar-refractivity contribution in [3.63, 3.8) is 0 Å². The van der Waals surface area contributed by atoms with Crippen molar-refractivity contribution >= 4 is 23.5 Å². The number of fused-ring (bicyclic) bond motifs is 3. The molecule has 0 bridgehead atoms. The second-order valence-electron chi connectivity index (χ2n) is 7.40. The number of aromatic nitrogens is 2. The van der Waals surface area contributed by atoms with E-state index in [4.69, 9.17) is 10.4 Å². The van der Waals surface area contributed by atoms with Crippen LogP contribution < -0.4 is 5.32 Å². The van der Waals surface area contributed by atoms with Crippen molar-refractivity contribution < 1.29 is 19.5 Å². The maximum Gasteiger partial charge on any atom is 0.305 e. The lowest BCUT2D eigenvalue weighted by Gasteiger charge is -2.19. The summed E-state index contributed by atoms with van der Waals surface area (Å²) >= 11 is 0. The molecule has 0 spiro atoms. The molecule has 4 rings (SSSR count). The third-order valence-electron chi connectivity index (χ3n) is 5.23. The number of imidazole rings is 1. The summed E-state index contributed by atoms with van der Waals surface area (Å²) in [6.07, 6.45) is 1.51. The number of hydrogen-bond acceptors (Lipinski definition) is 5. The van der Waals surface area contributed by atoms with Crippen LogP contribution in [0.15, 0.2) is 48.7 Å². The molecule has 1 aliphatic heterocycles. The van der Waals surface area contributed by atoms with Gasteiger partial charge in [-0.3, -0.25) is 19.0 Å². The van der Waals surface area contributed by atoms with Crippen LogP contribution >= 0.6 is 0 Å². The molecule has 0 aliphatic carbocycles. The minimum absolute atomic E-state index is 0.0430. The number of aliphatic carboxylic acids is 1. The molecule has 0 unspecified atom stereocenters. The zero-order chi connectivity index (χ0) is 22.8. The highest BCUT2D eigenvalue weighted by atomic mass is 16.4. The highest BCUT2D eigenvalue weighted by molar-refractivity contribution is 6.06. The monoisotopic (exact) mass is 429 g/mol. The van der Waals surface area contributed by atoms with Gasteiger partial charge in [-0.05, 0) is 49.4 Å². The molecule has 160 valence electrons. The molecule has 9 nitrogen and oxygen atoms in total. The van der Waals surface area contributed by atoms with Crippen LogP contribution in [0.2, 0.25) is 0 Å². The average Bonchev–Trinajstić information content (AvgIpc) is 3.10. The molecule has 2 N–H and O–H groups in total. The number of nitrogens with one attached hydrogen (secondary N) is 1. The number of carbonyl (C=O) groups is 3. The van der Waals surface area contributed by atoms with E-state index in [0.717, 1.165) is 5.69 Å². The Kier molecular flexibility index (Phi) is 5.43. The number of nitrogens with zero attached hydrogens (tertiary/aromatic N) is 4. The second kappa shape index (κ2) is 8.35. The molecule has 2 amide bonds. The van der Waals surface area contributed by atoms with Crippen LogP contribution in [0.1, 0.15) is 44.2 Å². The van der Waals surface area contributed by atoms with Gasteiger partial charge in [0.1, 0.15) is 5.82 Å². The molecule has 0 atom stereocenters. The molecule has 0 radical (unpaired) electrons. The predicted molar refractivity (Wildman–Crippen MR) is 114 cm³/mol. The molecule has 0 saturated heterocycles. The van der Waals surface area contributed by atoms with Crippen molar-refractivity contribution in [2.24, 2.45) is 0 Å². The second-order valence-corrected chi connectivity index (χ2v) is 7.40. The molecule has 0 saturated carbocycles. The van der Waals surface area contributed by atoms with Gasteiger partial charge in [0.15, 0.2) is 0 Å². The number of nitriles is 1. The van der Waals surface area contributed by atoms with Crippen molar-refractivity contribution in [2.75, 3.05) is 11.9 Å². The minimum Gasteiger partial charge on any atom is -0.481 e. The van der Waals surface area contributed by atoms with E-state index in [9.17, 15) is 14.4 Å². The first-order chi connectivity index (χ1) is 15.4. The Morgan fingerprint density at radius 1 is 1.22 bits per heavy atom. The zero-order valence-corrected chi connectivity index (χ0v) is 17.2. The molecule has 0 fully saturated rings. The Morgan fingerprint density at radius 3 is 2.66 bits per heavy atom. The molecule has 2 heterocycles. The molecule has 2 aromatic carbocycles. The van der Waals surface area contributed by atoms with Gasteiger partial charge < -0.3 is 15.3 Å². The Hall–Kier alpha value is -4.45. The minimum atomic E-state index is -0.995. The standard InChI is InChI=1S/C23H19N5O4/c1-14-12-25-20-13-27(9-8-21(29)30)23(32)18-10-17(6-7-19(18)28(14)20)26-22(31)16-4-2-15(11-24)3-5-16/h2-7,10,12H,8-9,13H2,1H3,(H,26,31)(H,29,30). The van der Waals surface area contributed by atoms with E-state index in [2.05, 4.69) is 10.3 Å². The molecule has 1 aromatic heterocycles. The summed E-state index contributed by atoms with van der Waals surface area (Å²) in [5, 5.41) is 20.7. The number of anilines is 1. The van der Waals surface area contributed by atoms with Gasteiger partial charge >= 0.3 is 5.97 Å². The van der Waals surface area contributed by atoms with E-state index in [1.54, 1.807) is 48.7 Å². The first kappa shape index (κ1) is 20.8. The summed E-state index contributed by atoms with van der Waals surface area (Å²) in [5.41, 5.74) is 3.04. The SMILES string of the molecule is Cc1cnc2n1-c1ccc(NC(=O)c3ccc(C#N)cc3)cc1C(=O)N(CCC(=O)O)C2. The van der Waals surface area contributed by atoms with Crippen LogP contribution in [0.5, 0.6) is 0 Å². The van der Waals surface area contributed by atoms with Crippen LogP contribution in [0.25, 0.3) is 5.69 Å². The van der Waals surface area contributed by atoms with Crippen molar-refractivity contribution in [1.29, 1.82) is 5.26 Å². The molecule has 3 aromatic rings. The smallest absolute Gasteiger partial charge is 0.305 e. The first-order valence-electron chi connectivity index (χ1n) is 9.87. The summed E-state index contributed by atoms with van der Waals surface area (Å²) in [7, 11) is 0. The van der Waals surface area contributed by atoms with Crippen molar-refractivity contribution in [3.05, 3.63) is 76.9 Å². The van der Waals surface area contributed by atoms with E-state index in [1.807, 2.05) is 17.6 Å². The Labute approximate surface area is 183 Å². The number of carboxylic acid groups (broad SMARTS) is 1. The number of benzene rings is 2. The molecule has 32 heavy (non-hydrogen) atoms.